The zero-order chi connectivity index (χ0) is 21.9. The predicted octanol–water partition coefficient (Wildman–Crippen LogP) is 4.59. The van der Waals surface area contributed by atoms with E-state index in [1.54, 1.807) is 0 Å². The van der Waals surface area contributed by atoms with E-state index in [2.05, 4.69) is 19.1 Å². The Bertz CT molecular complexity index is 920. The molecular weight excluding hydrogens is 378 g/mol. The van der Waals surface area contributed by atoms with Gasteiger partial charge in [-0.3, -0.25) is 4.79 Å². The molecule has 0 radical (unpaired) electrons. The van der Waals surface area contributed by atoms with Gasteiger partial charge in [0.05, 0.1) is 0 Å². The summed E-state index contributed by atoms with van der Waals surface area (Å²) in [5.74, 6) is 2.10. The Kier molecular flexibility index (Phi) is 6.71. The molecular formula is C25H33NO4. The van der Waals surface area contributed by atoms with Crippen molar-refractivity contribution in [3.63, 3.8) is 0 Å². The highest BCUT2D eigenvalue weighted by Crippen LogP contribution is 2.43. The van der Waals surface area contributed by atoms with Crippen LogP contribution in [-0.2, 0) is 17.6 Å². The SMILES string of the molecule is CC(=O)Oc1c(C)c(C)c2c(c1C)CCC(C)(COc1ccc(CCCN)cc1)O2. The van der Waals surface area contributed by atoms with Crippen LogP contribution in [0.2, 0.25) is 0 Å². The Morgan fingerprint density at radius 1 is 1.13 bits per heavy atom. The number of fused-ring (bicyclic) bond motifs is 1. The van der Waals surface area contributed by atoms with Gasteiger partial charge in [-0.2, -0.15) is 0 Å². The summed E-state index contributed by atoms with van der Waals surface area (Å²) in [4.78, 5) is 11.5. The van der Waals surface area contributed by atoms with E-state index in [1.807, 2.05) is 32.9 Å². The Hall–Kier alpha value is -2.53. The molecule has 2 aromatic rings. The minimum absolute atomic E-state index is 0.301. The number of nitrogens with two attached hydrogens (primary N) is 1. The molecule has 3 rings (SSSR count). The van der Waals surface area contributed by atoms with Gasteiger partial charge in [-0.25, -0.2) is 0 Å². The molecule has 2 N–H and O–H groups in total. The Morgan fingerprint density at radius 2 is 1.83 bits per heavy atom. The zero-order valence-corrected chi connectivity index (χ0v) is 18.8. The number of ether oxygens (including phenoxy) is 3. The van der Waals surface area contributed by atoms with Crippen LogP contribution in [0.25, 0.3) is 0 Å². The fraction of sp³-hybridized carbons (Fsp3) is 0.480. The molecule has 0 fully saturated rings. The van der Waals surface area contributed by atoms with Gasteiger partial charge in [0.15, 0.2) is 0 Å². The molecule has 1 heterocycles. The van der Waals surface area contributed by atoms with Crippen LogP contribution in [0.4, 0.5) is 0 Å². The topological polar surface area (TPSA) is 70.8 Å². The lowest BCUT2D eigenvalue weighted by atomic mass is 9.87. The van der Waals surface area contributed by atoms with Crippen LogP contribution in [0.1, 0.15) is 54.5 Å². The van der Waals surface area contributed by atoms with Crippen molar-refractivity contribution in [1.82, 2.24) is 0 Å². The Morgan fingerprint density at radius 3 is 2.47 bits per heavy atom. The first-order chi connectivity index (χ1) is 14.2. The van der Waals surface area contributed by atoms with Gasteiger partial charge in [-0.1, -0.05) is 12.1 Å². The predicted molar refractivity (Wildman–Crippen MR) is 119 cm³/mol. The second-order valence-electron chi connectivity index (χ2n) is 8.48. The van der Waals surface area contributed by atoms with Crippen molar-refractivity contribution in [1.29, 1.82) is 0 Å². The molecule has 5 nitrogen and oxygen atoms in total. The monoisotopic (exact) mass is 411 g/mol. The van der Waals surface area contributed by atoms with E-state index in [0.29, 0.717) is 18.9 Å². The fourth-order valence-corrected chi connectivity index (χ4v) is 3.97. The average molecular weight is 412 g/mol. The van der Waals surface area contributed by atoms with E-state index in [1.165, 1.54) is 12.5 Å². The molecule has 0 aliphatic carbocycles. The Labute approximate surface area is 179 Å². The molecule has 0 saturated heterocycles. The van der Waals surface area contributed by atoms with Crippen molar-refractivity contribution in [2.24, 2.45) is 5.73 Å². The maximum absolute atomic E-state index is 11.5. The number of hydrogen-bond acceptors (Lipinski definition) is 5. The van der Waals surface area contributed by atoms with Gasteiger partial charge in [-0.15, -0.1) is 0 Å². The van der Waals surface area contributed by atoms with Crippen molar-refractivity contribution in [2.45, 2.75) is 65.9 Å². The van der Waals surface area contributed by atoms with E-state index < -0.39 is 5.60 Å². The Balaban J connectivity index is 1.74. The molecule has 1 aliphatic rings. The molecule has 0 amide bonds. The highest BCUT2D eigenvalue weighted by molar-refractivity contribution is 5.72. The molecule has 0 spiro atoms. The van der Waals surface area contributed by atoms with Crippen molar-refractivity contribution >= 4 is 5.97 Å². The van der Waals surface area contributed by atoms with Crippen LogP contribution in [-0.4, -0.2) is 24.7 Å². The van der Waals surface area contributed by atoms with Gasteiger partial charge in [0.1, 0.15) is 29.5 Å². The minimum atomic E-state index is -0.419. The number of esters is 1. The largest absolute Gasteiger partial charge is 0.489 e. The summed E-state index contributed by atoms with van der Waals surface area (Å²) >= 11 is 0. The second-order valence-corrected chi connectivity index (χ2v) is 8.48. The molecule has 1 atom stereocenters. The summed E-state index contributed by atoms with van der Waals surface area (Å²) in [6.45, 7) is 10.7. The van der Waals surface area contributed by atoms with Crippen LogP contribution in [0, 0.1) is 20.8 Å². The van der Waals surface area contributed by atoms with Gasteiger partial charge in [0.25, 0.3) is 0 Å². The maximum atomic E-state index is 11.5. The van der Waals surface area contributed by atoms with E-state index in [4.69, 9.17) is 19.9 Å². The fourth-order valence-electron chi connectivity index (χ4n) is 3.97. The minimum Gasteiger partial charge on any atom is -0.489 e. The van der Waals surface area contributed by atoms with Crippen molar-refractivity contribution in [2.75, 3.05) is 13.2 Å². The van der Waals surface area contributed by atoms with Gasteiger partial charge < -0.3 is 19.9 Å². The summed E-state index contributed by atoms with van der Waals surface area (Å²) in [6.07, 6.45) is 3.66. The summed E-state index contributed by atoms with van der Waals surface area (Å²) in [7, 11) is 0. The lowest BCUT2D eigenvalue weighted by Gasteiger charge is -2.37. The van der Waals surface area contributed by atoms with Crippen LogP contribution in [0.15, 0.2) is 24.3 Å². The average Bonchev–Trinajstić information content (AvgIpc) is 2.73. The standard InChI is InChI=1S/C25H33NO4/c1-16-17(2)24-22(18(3)23(16)29-19(4)27)12-13-25(5,30-24)15-28-21-10-8-20(9-11-21)7-6-14-26/h8-11H,6-7,12-15,26H2,1-5H3. The third kappa shape index (κ3) is 4.78. The number of carbonyl (C=O) groups excluding carboxylic acids is 1. The molecule has 0 bridgehead atoms. The number of carbonyl (C=O) groups is 1. The summed E-state index contributed by atoms with van der Waals surface area (Å²) < 4.78 is 18.1. The van der Waals surface area contributed by atoms with Crippen molar-refractivity contribution < 1.29 is 19.0 Å². The zero-order valence-electron chi connectivity index (χ0n) is 18.8. The number of hydrogen-bond donors (Lipinski definition) is 1. The lowest BCUT2D eigenvalue weighted by Crippen LogP contribution is -2.42. The quantitative estimate of drug-likeness (QED) is 0.533. The van der Waals surface area contributed by atoms with E-state index in [0.717, 1.165) is 59.4 Å². The van der Waals surface area contributed by atoms with Crippen LogP contribution in [0.3, 0.4) is 0 Å². The normalized spacial score (nSPS) is 17.8. The third-order valence-corrected chi connectivity index (χ3v) is 5.95. The van der Waals surface area contributed by atoms with E-state index in [-0.39, 0.29) is 5.97 Å². The summed E-state index contributed by atoms with van der Waals surface area (Å²) in [5.41, 5.74) is 10.5. The summed E-state index contributed by atoms with van der Waals surface area (Å²) in [6, 6.07) is 8.21. The molecule has 1 aliphatic heterocycles. The maximum Gasteiger partial charge on any atom is 0.308 e. The highest BCUT2D eigenvalue weighted by atomic mass is 16.5. The third-order valence-electron chi connectivity index (χ3n) is 5.95. The van der Waals surface area contributed by atoms with Gasteiger partial charge >= 0.3 is 5.97 Å². The first kappa shape index (κ1) is 22.2. The van der Waals surface area contributed by atoms with Gasteiger partial charge in [0, 0.05) is 12.5 Å². The smallest absolute Gasteiger partial charge is 0.308 e. The molecule has 5 heteroatoms. The number of benzene rings is 2. The van der Waals surface area contributed by atoms with Crippen molar-refractivity contribution in [3.05, 3.63) is 52.1 Å². The van der Waals surface area contributed by atoms with Crippen LogP contribution in [0.5, 0.6) is 17.2 Å². The van der Waals surface area contributed by atoms with Gasteiger partial charge in [0.2, 0.25) is 0 Å². The van der Waals surface area contributed by atoms with Crippen LogP contribution >= 0.6 is 0 Å². The molecule has 30 heavy (non-hydrogen) atoms. The first-order valence-corrected chi connectivity index (χ1v) is 10.7. The molecule has 1 unspecified atom stereocenters. The molecule has 162 valence electrons. The molecule has 0 aromatic heterocycles. The molecule has 2 aromatic carbocycles. The first-order valence-electron chi connectivity index (χ1n) is 10.7. The highest BCUT2D eigenvalue weighted by Gasteiger charge is 2.35. The molecule has 0 saturated carbocycles. The van der Waals surface area contributed by atoms with Crippen molar-refractivity contribution in [3.8, 4) is 17.2 Å². The number of aryl methyl sites for hydroxylation is 1. The summed E-state index contributed by atoms with van der Waals surface area (Å²) in [5, 5.41) is 0. The number of rotatable bonds is 7. The van der Waals surface area contributed by atoms with E-state index >= 15 is 0 Å². The lowest BCUT2D eigenvalue weighted by molar-refractivity contribution is -0.132. The van der Waals surface area contributed by atoms with Crippen LogP contribution < -0.4 is 19.9 Å². The van der Waals surface area contributed by atoms with E-state index in [9.17, 15) is 4.79 Å². The van der Waals surface area contributed by atoms with Gasteiger partial charge in [-0.05, 0) is 94.3 Å². The second kappa shape index (κ2) is 9.09.